The number of rotatable bonds is 5. The fourth-order valence-electron chi connectivity index (χ4n) is 1.97. The molecule has 0 aliphatic heterocycles. The van der Waals surface area contributed by atoms with E-state index in [1.54, 1.807) is 0 Å². The molecule has 0 saturated carbocycles. The maximum atomic E-state index is 2.39. The zero-order valence-electron chi connectivity index (χ0n) is 8.85. The highest BCUT2D eigenvalue weighted by atomic mass is 14.2. The molecule has 64 valence electrons. The van der Waals surface area contributed by atoms with Crippen LogP contribution in [0.4, 0.5) is 0 Å². The summed E-state index contributed by atoms with van der Waals surface area (Å²) in [5.41, 5.74) is 0. The average Bonchev–Trinajstić information content (AvgIpc) is 2.05. The molecule has 0 N–H and O–H groups in total. The second-order valence-corrected chi connectivity index (χ2v) is 3.84. The molecule has 2 atom stereocenters. The lowest BCUT2D eigenvalue weighted by molar-refractivity contribution is 0.428. The van der Waals surface area contributed by atoms with Crippen molar-refractivity contribution in [1.29, 1.82) is 0 Å². The van der Waals surface area contributed by atoms with Crippen LogP contribution in [0.3, 0.4) is 0 Å². The predicted molar refractivity (Wildman–Crippen MR) is 59.0 cm³/mol. The average molecular weight is 152 g/mol. The van der Waals surface area contributed by atoms with E-state index in [2.05, 4.69) is 36.5 Å². The number of hydrogen-bond acceptors (Lipinski definition) is 0. The highest BCUT2D eigenvalue weighted by Crippen LogP contribution is 2.33. The van der Waals surface area contributed by atoms with Crippen LogP contribution >= 0.6 is 0 Å². The van der Waals surface area contributed by atoms with E-state index in [0.717, 1.165) is 17.6 Å². The van der Waals surface area contributed by atoms with Gasteiger partial charge in [-0.25, -0.2) is 0 Å². The highest BCUT2D eigenvalue weighted by molar-refractivity contribution is 6.15. The van der Waals surface area contributed by atoms with Gasteiger partial charge in [-0.05, 0) is 0 Å². The molecule has 11 heavy (non-hydrogen) atoms. The molecule has 0 aromatic carbocycles. The lowest BCUT2D eigenvalue weighted by Crippen LogP contribution is -2.14. The topological polar surface area (TPSA) is 0 Å². The van der Waals surface area contributed by atoms with Crippen molar-refractivity contribution in [3.8, 4) is 0 Å². The lowest BCUT2D eigenvalue weighted by atomic mass is 9.62. The van der Waals surface area contributed by atoms with Crippen LogP contribution in [0.25, 0.3) is 0 Å². The third-order valence-corrected chi connectivity index (χ3v) is 3.22. The minimum Gasteiger partial charge on any atom is -0.0676 e. The molecule has 0 aliphatic carbocycles. The largest absolute Gasteiger partial charge is 0.105 e. The normalized spacial score (nSPS) is 19.2. The Morgan fingerprint density at radius 2 is 1.18 bits per heavy atom. The van der Waals surface area contributed by atoms with Gasteiger partial charge in [-0.1, -0.05) is 57.6 Å². The second-order valence-electron chi connectivity index (χ2n) is 3.84. The van der Waals surface area contributed by atoms with Crippen molar-refractivity contribution in [3.05, 3.63) is 0 Å². The summed E-state index contributed by atoms with van der Waals surface area (Å²) in [5, 5.41) is 0. The van der Waals surface area contributed by atoms with E-state index in [1.807, 2.05) is 0 Å². The number of hydrogen-bond donors (Lipinski definition) is 0. The highest BCUT2D eigenvalue weighted by Gasteiger charge is 2.18. The molecular weight excluding hydrogens is 130 g/mol. The zero-order chi connectivity index (χ0) is 8.85. The quantitative estimate of drug-likeness (QED) is 0.525. The summed E-state index contributed by atoms with van der Waals surface area (Å²) in [4.78, 5) is 0. The molecule has 0 amide bonds. The molecule has 2 heteroatoms. The van der Waals surface area contributed by atoms with Gasteiger partial charge in [-0.2, -0.15) is 0 Å². The Hall–Kier alpha value is 0.130. The zero-order valence-corrected chi connectivity index (χ0v) is 8.85. The Bertz CT molecular complexity index is 83.6. The van der Waals surface area contributed by atoms with E-state index < -0.39 is 0 Å². The van der Waals surface area contributed by atoms with E-state index in [-0.39, 0.29) is 0 Å². The van der Waals surface area contributed by atoms with Crippen molar-refractivity contribution in [1.82, 2.24) is 0 Å². The van der Waals surface area contributed by atoms with Gasteiger partial charge in [0.25, 0.3) is 0 Å². The van der Waals surface area contributed by atoms with Crippen molar-refractivity contribution >= 4 is 15.7 Å². The van der Waals surface area contributed by atoms with Crippen molar-refractivity contribution in [2.24, 2.45) is 5.92 Å². The van der Waals surface area contributed by atoms with Crippen LogP contribution in [0.2, 0.25) is 11.6 Å². The fourth-order valence-corrected chi connectivity index (χ4v) is 1.97. The van der Waals surface area contributed by atoms with Gasteiger partial charge in [0.15, 0.2) is 0 Å². The molecule has 0 nitrogen and oxygen atoms in total. The first-order valence-electron chi connectivity index (χ1n) is 5.17. The third kappa shape index (κ3) is 3.35. The molecule has 0 aromatic heterocycles. The summed E-state index contributed by atoms with van der Waals surface area (Å²) < 4.78 is 0. The van der Waals surface area contributed by atoms with Gasteiger partial charge in [0, 0.05) is 0 Å². The summed E-state index contributed by atoms with van der Waals surface area (Å²) in [5.74, 6) is 2.77. The lowest BCUT2D eigenvalue weighted by Gasteiger charge is -2.27. The van der Waals surface area contributed by atoms with Crippen molar-refractivity contribution in [2.75, 3.05) is 0 Å². The van der Waals surface area contributed by atoms with Crippen LogP contribution in [0.5, 0.6) is 0 Å². The molecule has 0 saturated heterocycles. The minimum absolute atomic E-state index is 0.912. The molecule has 0 aliphatic rings. The summed E-state index contributed by atoms with van der Waals surface area (Å²) >= 11 is 0. The monoisotopic (exact) mass is 152 g/mol. The van der Waals surface area contributed by atoms with E-state index in [9.17, 15) is 0 Å². The van der Waals surface area contributed by atoms with Gasteiger partial charge < -0.3 is 0 Å². The molecule has 0 rings (SSSR count). The molecule has 0 radical (unpaired) electrons. The first kappa shape index (κ1) is 11.1. The Morgan fingerprint density at radius 1 is 0.818 bits per heavy atom. The maximum absolute atomic E-state index is 2.39. The Balaban J connectivity index is 3.92. The van der Waals surface area contributed by atoms with Gasteiger partial charge in [0.05, 0.1) is 0 Å². The van der Waals surface area contributed by atoms with Crippen LogP contribution in [0.1, 0.15) is 40.0 Å². The van der Waals surface area contributed by atoms with Gasteiger partial charge in [-0.15, -0.1) is 0 Å². The smallest absolute Gasteiger partial charge is 0.0676 e. The molecule has 0 spiro atoms. The van der Waals surface area contributed by atoms with E-state index >= 15 is 0 Å². The molecular formula is C9H22B2. The van der Waals surface area contributed by atoms with Gasteiger partial charge >= 0.3 is 0 Å². The van der Waals surface area contributed by atoms with Gasteiger partial charge in [-0.3, -0.25) is 0 Å². The second kappa shape index (κ2) is 5.74. The summed E-state index contributed by atoms with van der Waals surface area (Å²) in [6.07, 6.45) is 4.02. The maximum Gasteiger partial charge on any atom is 0.105 e. The summed E-state index contributed by atoms with van der Waals surface area (Å²) in [7, 11) is 4.78. The molecule has 0 fully saturated rings. The van der Waals surface area contributed by atoms with E-state index in [4.69, 9.17) is 0 Å². The van der Waals surface area contributed by atoms with Gasteiger partial charge in [0.2, 0.25) is 0 Å². The van der Waals surface area contributed by atoms with Crippen LogP contribution in [-0.4, -0.2) is 15.7 Å². The standard InChI is InChI=1S/C9H22B2/c1-4-7(8(10)5-2)9(11)6-3/h7-9H,4-6,10-11H2,1-3H3. The third-order valence-electron chi connectivity index (χ3n) is 3.22. The van der Waals surface area contributed by atoms with Gasteiger partial charge in [0.1, 0.15) is 15.7 Å². The fraction of sp³-hybridized carbons (Fsp3) is 1.00. The van der Waals surface area contributed by atoms with Crippen molar-refractivity contribution in [2.45, 2.75) is 51.7 Å². The van der Waals surface area contributed by atoms with Crippen LogP contribution in [0.15, 0.2) is 0 Å². The molecule has 2 unspecified atom stereocenters. The SMILES string of the molecule is BC(CC)C(CC)C(B)CC. The first-order valence-corrected chi connectivity index (χ1v) is 5.17. The van der Waals surface area contributed by atoms with E-state index in [0.29, 0.717) is 0 Å². The van der Waals surface area contributed by atoms with Crippen LogP contribution in [-0.2, 0) is 0 Å². The molecule has 0 bridgehead atoms. The minimum atomic E-state index is 0.912. The van der Waals surface area contributed by atoms with Crippen LogP contribution < -0.4 is 0 Å². The summed E-state index contributed by atoms with van der Waals surface area (Å²) in [6, 6.07) is 0. The molecule has 0 aromatic rings. The van der Waals surface area contributed by atoms with Crippen molar-refractivity contribution < 1.29 is 0 Å². The first-order chi connectivity index (χ1) is 5.17. The summed E-state index contributed by atoms with van der Waals surface area (Å²) in [6.45, 7) is 6.93. The van der Waals surface area contributed by atoms with E-state index in [1.165, 1.54) is 19.3 Å². The molecule has 0 heterocycles. The van der Waals surface area contributed by atoms with Crippen molar-refractivity contribution in [3.63, 3.8) is 0 Å². The van der Waals surface area contributed by atoms with Crippen LogP contribution in [0, 0.1) is 5.92 Å². The Labute approximate surface area is 74.0 Å². The predicted octanol–water partition coefficient (Wildman–Crippen LogP) is 1.68. The Kier molecular flexibility index (Phi) is 5.81. The Morgan fingerprint density at radius 3 is 1.36 bits per heavy atom.